The Bertz CT molecular complexity index is 526. The molecule has 0 radical (unpaired) electrons. The number of aromatic nitrogens is 2. The van der Waals surface area contributed by atoms with E-state index in [1.807, 2.05) is 24.3 Å². The van der Waals surface area contributed by atoms with Crippen LogP contribution in [0.4, 0.5) is 16.2 Å². The fourth-order valence-electron chi connectivity index (χ4n) is 1.48. The van der Waals surface area contributed by atoms with Gasteiger partial charge < -0.3 is 16.0 Å². The maximum Gasteiger partial charge on any atom is 0.318 e. The Morgan fingerprint density at radius 1 is 1.16 bits per heavy atom. The van der Waals surface area contributed by atoms with Crippen molar-refractivity contribution >= 4 is 17.4 Å². The van der Waals surface area contributed by atoms with E-state index in [1.165, 1.54) is 0 Å². The van der Waals surface area contributed by atoms with E-state index in [4.69, 9.17) is 0 Å². The smallest absolute Gasteiger partial charge is 0.318 e. The zero-order valence-electron chi connectivity index (χ0n) is 10.6. The number of anilines is 2. The van der Waals surface area contributed by atoms with Crippen LogP contribution in [-0.4, -0.2) is 23.0 Å². The SMILES string of the molecule is CNC(=O)Nc1ccc(NCc2cnccn2)cc1. The molecule has 19 heavy (non-hydrogen) atoms. The average molecular weight is 257 g/mol. The van der Waals surface area contributed by atoms with E-state index >= 15 is 0 Å². The van der Waals surface area contributed by atoms with Crippen LogP contribution in [0, 0.1) is 0 Å². The lowest BCUT2D eigenvalue weighted by Gasteiger charge is -2.08. The summed E-state index contributed by atoms with van der Waals surface area (Å²) in [6, 6.07) is 7.20. The standard InChI is InChI=1S/C13H15N5O/c1-14-13(19)18-11-4-2-10(3-5-11)17-9-12-8-15-6-7-16-12/h2-8,17H,9H2,1H3,(H2,14,18,19). The molecule has 0 atom stereocenters. The maximum absolute atomic E-state index is 11.1. The van der Waals surface area contributed by atoms with Crippen LogP contribution < -0.4 is 16.0 Å². The number of carbonyl (C=O) groups is 1. The third-order valence-electron chi connectivity index (χ3n) is 2.46. The molecule has 0 fully saturated rings. The summed E-state index contributed by atoms with van der Waals surface area (Å²) < 4.78 is 0. The van der Waals surface area contributed by atoms with Gasteiger partial charge in [-0.1, -0.05) is 0 Å². The van der Waals surface area contributed by atoms with Crippen LogP contribution in [0.3, 0.4) is 0 Å². The first-order valence-electron chi connectivity index (χ1n) is 5.85. The molecule has 3 N–H and O–H groups in total. The van der Waals surface area contributed by atoms with Crippen molar-refractivity contribution in [1.82, 2.24) is 15.3 Å². The van der Waals surface area contributed by atoms with Crippen molar-refractivity contribution in [3.63, 3.8) is 0 Å². The molecule has 6 nitrogen and oxygen atoms in total. The molecule has 1 aromatic heterocycles. The van der Waals surface area contributed by atoms with E-state index in [0.717, 1.165) is 17.1 Å². The van der Waals surface area contributed by atoms with Crippen LogP contribution in [0.15, 0.2) is 42.9 Å². The van der Waals surface area contributed by atoms with E-state index in [0.29, 0.717) is 6.54 Å². The number of hydrogen-bond donors (Lipinski definition) is 3. The highest BCUT2D eigenvalue weighted by atomic mass is 16.2. The summed E-state index contributed by atoms with van der Waals surface area (Å²) in [4.78, 5) is 19.3. The van der Waals surface area contributed by atoms with Gasteiger partial charge in [0.05, 0.1) is 18.4 Å². The number of nitrogens with one attached hydrogen (secondary N) is 3. The predicted octanol–water partition coefficient (Wildman–Crippen LogP) is 1.84. The molecular weight excluding hydrogens is 242 g/mol. The van der Waals surface area contributed by atoms with Gasteiger partial charge in [-0.15, -0.1) is 0 Å². The second-order valence-corrected chi connectivity index (χ2v) is 3.83. The highest BCUT2D eigenvalue weighted by Gasteiger charge is 1.99. The van der Waals surface area contributed by atoms with E-state index < -0.39 is 0 Å². The van der Waals surface area contributed by atoms with E-state index in [1.54, 1.807) is 25.6 Å². The van der Waals surface area contributed by atoms with Gasteiger partial charge in [-0.25, -0.2) is 4.79 Å². The molecule has 0 saturated carbocycles. The van der Waals surface area contributed by atoms with Crippen molar-refractivity contribution in [2.24, 2.45) is 0 Å². The molecule has 0 bridgehead atoms. The number of rotatable bonds is 4. The number of nitrogens with zero attached hydrogens (tertiary/aromatic N) is 2. The minimum Gasteiger partial charge on any atom is -0.379 e. The van der Waals surface area contributed by atoms with Gasteiger partial charge in [-0.2, -0.15) is 0 Å². The van der Waals surface area contributed by atoms with Crippen LogP contribution in [0.25, 0.3) is 0 Å². The van der Waals surface area contributed by atoms with Crippen molar-refractivity contribution in [3.8, 4) is 0 Å². The first-order chi connectivity index (χ1) is 9.28. The Kier molecular flexibility index (Phi) is 4.28. The molecular formula is C13H15N5O. The van der Waals surface area contributed by atoms with Gasteiger partial charge in [0.25, 0.3) is 0 Å². The molecule has 2 rings (SSSR count). The average Bonchev–Trinajstić information content (AvgIpc) is 2.47. The minimum absolute atomic E-state index is 0.236. The van der Waals surface area contributed by atoms with Crippen LogP contribution in [0.2, 0.25) is 0 Å². The fraction of sp³-hybridized carbons (Fsp3) is 0.154. The minimum atomic E-state index is -0.236. The lowest BCUT2D eigenvalue weighted by atomic mass is 10.2. The Labute approximate surface area is 111 Å². The Balaban J connectivity index is 1.90. The van der Waals surface area contributed by atoms with Crippen molar-refractivity contribution in [2.75, 3.05) is 17.7 Å². The molecule has 0 unspecified atom stereocenters. The number of benzene rings is 1. The van der Waals surface area contributed by atoms with E-state index in [-0.39, 0.29) is 6.03 Å². The third kappa shape index (κ3) is 3.95. The number of amides is 2. The first-order valence-corrected chi connectivity index (χ1v) is 5.85. The Morgan fingerprint density at radius 3 is 2.53 bits per heavy atom. The molecule has 0 spiro atoms. The molecule has 1 heterocycles. The van der Waals surface area contributed by atoms with Crippen LogP contribution in [0.5, 0.6) is 0 Å². The molecule has 0 aliphatic carbocycles. The summed E-state index contributed by atoms with van der Waals surface area (Å²) in [5.41, 5.74) is 2.56. The van der Waals surface area contributed by atoms with Crippen LogP contribution in [0.1, 0.15) is 5.69 Å². The molecule has 0 aliphatic rings. The van der Waals surface area contributed by atoms with Crippen molar-refractivity contribution in [2.45, 2.75) is 6.54 Å². The second-order valence-electron chi connectivity index (χ2n) is 3.83. The molecule has 98 valence electrons. The molecule has 6 heteroatoms. The van der Waals surface area contributed by atoms with Crippen LogP contribution >= 0.6 is 0 Å². The van der Waals surface area contributed by atoms with Crippen LogP contribution in [-0.2, 0) is 6.54 Å². The number of carbonyl (C=O) groups excluding carboxylic acids is 1. The largest absolute Gasteiger partial charge is 0.379 e. The zero-order valence-corrected chi connectivity index (χ0v) is 10.6. The van der Waals surface area contributed by atoms with E-state index in [9.17, 15) is 4.79 Å². The molecule has 0 saturated heterocycles. The molecule has 2 aromatic rings. The van der Waals surface area contributed by atoms with Gasteiger partial charge in [0.1, 0.15) is 0 Å². The van der Waals surface area contributed by atoms with Crippen molar-refractivity contribution in [1.29, 1.82) is 0 Å². The van der Waals surface area contributed by atoms with Crippen molar-refractivity contribution < 1.29 is 4.79 Å². The van der Waals surface area contributed by atoms with Crippen molar-refractivity contribution in [3.05, 3.63) is 48.5 Å². The summed E-state index contributed by atoms with van der Waals surface area (Å²) in [6.07, 6.45) is 5.02. The van der Waals surface area contributed by atoms with Gasteiger partial charge in [0.15, 0.2) is 0 Å². The van der Waals surface area contributed by atoms with Gasteiger partial charge in [-0.05, 0) is 24.3 Å². The summed E-state index contributed by atoms with van der Waals surface area (Å²) in [7, 11) is 1.58. The van der Waals surface area contributed by atoms with Gasteiger partial charge >= 0.3 is 6.03 Å². The fourth-order valence-corrected chi connectivity index (χ4v) is 1.48. The van der Waals surface area contributed by atoms with Gasteiger partial charge in [-0.3, -0.25) is 9.97 Å². The number of hydrogen-bond acceptors (Lipinski definition) is 4. The molecule has 2 amide bonds. The summed E-state index contributed by atoms with van der Waals surface area (Å²) in [5, 5.41) is 8.41. The second kappa shape index (κ2) is 6.34. The first kappa shape index (κ1) is 12.8. The monoisotopic (exact) mass is 257 g/mol. The van der Waals surface area contributed by atoms with E-state index in [2.05, 4.69) is 25.9 Å². The van der Waals surface area contributed by atoms with Gasteiger partial charge in [0.2, 0.25) is 0 Å². The lowest BCUT2D eigenvalue weighted by Crippen LogP contribution is -2.24. The summed E-state index contributed by atoms with van der Waals surface area (Å²) in [6.45, 7) is 0.607. The Morgan fingerprint density at radius 2 is 1.89 bits per heavy atom. The maximum atomic E-state index is 11.1. The summed E-state index contributed by atoms with van der Waals surface area (Å²) >= 11 is 0. The van der Waals surface area contributed by atoms with Gasteiger partial charge in [0, 0.05) is 30.8 Å². The highest BCUT2D eigenvalue weighted by Crippen LogP contribution is 2.13. The predicted molar refractivity (Wildman–Crippen MR) is 73.9 cm³/mol. The normalized spacial score (nSPS) is 9.74. The zero-order chi connectivity index (χ0) is 13.5. The third-order valence-corrected chi connectivity index (χ3v) is 2.46. The Hall–Kier alpha value is -2.63. The lowest BCUT2D eigenvalue weighted by molar-refractivity contribution is 0.254. The topological polar surface area (TPSA) is 78.9 Å². The summed E-state index contributed by atoms with van der Waals surface area (Å²) in [5.74, 6) is 0. The molecule has 1 aromatic carbocycles. The molecule has 0 aliphatic heterocycles. The quantitative estimate of drug-likeness (QED) is 0.781. The highest BCUT2D eigenvalue weighted by molar-refractivity contribution is 5.89. The number of urea groups is 1.